The number of benzene rings is 1. The number of hydrogen-bond donors (Lipinski definition) is 2. The van der Waals surface area contributed by atoms with Crippen molar-refractivity contribution in [2.45, 2.75) is 24.8 Å². The third-order valence-corrected chi connectivity index (χ3v) is 3.66. The molecule has 1 aromatic carbocycles. The summed E-state index contributed by atoms with van der Waals surface area (Å²) >= 11 is 6.17. The van der Waals surface area contributed by atoms with Crippen molar-refractivity contribution in [2.24, 2.45) is 5.73 Å². The number of halogens is 1. The summed E-state index contributed by atoms with van der Waals surface area (Å²) in [6, 6.07) is 7.79. The molecule has 1 aromatic rings. The van der Waals surface area contributed by atoms with Gasteiger partial charge in [0.1, 0.15) is 0 Å². The summed E-state index contributed by atoms with van der Waals surface area (Å²) in [5.74, 6) is 0. The Morgan fingerprint density at radius 3 is 2.88 bits per heavy atom. The van der Waals surface area contributed by atoms with Gasteiger partial charge in [-0.15, -0.1) is 0 Å². The molecule has 1 fully saturated rings. The van der Waals surface area contributed by atoms with Crippen LogP contribution in [-0.4, -0.2) is 25.3 Å². The van der Waals surface area contributed by atoms with Crippen LogP contribution in [-0.2, 0) is 4.74 Å². The van der Waals surface area contributed by atoms with E-state index in [1.165, 1.54) is 0 Å². The number of rotatable bonds is 3. The average molecular weight is 255 g/mol. The van der Waals surface area contributed by atoms with E-state index in [0.717, 1.165) is 43.2 Å². The van der Waals surface area contributed by atoms with Crippen molar-refractivity contribution in [3.63, 3.8) is 0 Å². The van der Waals surface area contributed by atoms with Crippen LogP contribution < -0.4 is 11.1 Å². The van der Waals surface area contributed by atoms with Crippen molar-refractivity contribution < 1.29 is 4.74 Å². The molecule has 1 heterocycles. The molecule has 4 heteroatoms. The third kappa shape index (κ3) is 3.12. The minimum absolute atomic E-state index is 0.0819. The molecule has 0 spiro atoms. The highest BCUT2D eigenvalue weighted by molar-refractivity contribution is 6.33. The molecule has 0 aromatic heterocycles. The SMILES string of the molecule is NCC1(Nc2ccccc2Cl)CCCOCC1. The fourth-order valence-electron chi connectivity index (χ4n) is 2.24. The average Bonchev–Trinajstić information content (AvgIpc) is 2.58. The van der Waals surface area contributed by atoms with Crippen LogP contribution in [0, 0.1) is 0 Å². The summed E-state index contributed by atoms with van der Waals surface area (Å²) < 4.78 is 5.49. The zero-order valence-corrected chi connectivity index (χ0v) is 10.7. The van der Waals surface area contributed by atoms with Crippen molar-refractivity contribution >= 4 is 17.3 Å². The second-order valence-corrected chi connectivity index (χ2v) is 4.96. The van der Waals surface area contributed by atoms with Gasteiger partial charge < -0.3 is 15.8 Å². The maximum atomic E-state index is 6.17. The smallest absolute Gasteiger partial charge is 0.0637 e. The van der Waals surface area contributed by atoms with Gasteiger partial charge in [-0.1, -0.05) is 23.7 Å². The molecule has 0 saturated carbocycles. The summed E-state index contributed by atoms with van der Waals surface area (Å²) in [5, 5.41) is 4.26. The molecule has 2 rings (SSSR count). The predicted molar refractivity (Wildman–Crippen MR) is 71.5 cm³/mol. The van der Waals surface area contributed by atoms with Crippen LogP contribution in [0.2, 0.25) is 5.02 Å². The van der Waals surface area contributed by atoms with E-state index < -0.39 is 0 Å². The Morgan fingerprint density at radius 2 is 2.12 bits per heavy atom. The second kappa shape index (κ2) is 5.71. The summed E-state index contributed by atoms with van der Waals surface area (Å²) in [6.45, 7) is 2.18. The lowest BCUT2D eigenvalue weighted by atomic mass is 9.90. The van der Waals surface area contributed by atoms with Gasteiger partial charge in [0.25, 0.3) is 0 Å². The summed E-state index contributed by atoms with van der Waals surface area (Å²) in [7, 11) is 0. The van der Waals surface area contributed by atoms with Gasteiger partial charge in [-0.2, -0.15) is 0 Å². The van der Waals surface area contributed by atoms with E-state index in [4.69, 9.17) is 22.1 Å². The normalized spacial score (nSPS) is 25.3. The molecule has 1 aliphatic heterocycles. The van der Waals surface area contributed by atoms with Crippen LogP contribution in [0.4, 0.5) is 5.69 Å². The van der Waals surface area contributed by atoms with Gasteiger partial charge in [-0.25, -0.2) is 0 Å². The van der Waals surface area contributed by atoms with E-state index in [0.29, 0.717) is 6.54 Å². The number of para-hydroxylation sites is 1. The zero-order valence-electron chi connectivity index (χ0n) is 9.92. The number of nitrogens with two attached hydrogens (primary N) is 1. The van der Waals surface area contributed by atoms with E-state index >= 15 is 0 Å². The summed E-state index contributed by atoms with van der Waals surface area (Å²) in [5.41, 5.74) is 6.82. The molecule has 0 bridgehead atoms. The lowest BCUT2D eigenvalue weighted by Gasteiger charge is -2.33. The van der Waals surface area contributed by atoms with Crippen molar-refractivity contribution in [1.82, 2.24) is 0 Å². The lowest BCUT2D eigenvalue weighted by molar-refractivity contribution is 0.141. The van der Waals surface area contributed by atoms with E-state index in [9.17, 15) is 0 Å². The first-order chi connectivity index (χ1) is 8.26. The van der Waals surface area contributed by atoms with Gasteiger partial charge in [0.05, 0.1) is 16.2 Å². The van der Waals surface area contributed by atoms with Gasteiger partial charge in [0.2, 0.25) is 0 Å². The van der Waals surface area contributed by atoms with Gasteiger partial charge in [-0.05, 0) is 31.4 Å². The van der Waals surface area contributed by atoms with Crippen molar-refractivity contribution in [3.05, 3.63) is 29.3 Å². The minimum atomic E-state index is -0.0819. The molecule has 0 radical (unpaired) electrons. The van der Waals surface area contributed by atoms with E-state index in [1.54, 1.807) is 0 Å². The lowest BCUT2D eigenvalue weighted by Crippen LogP contribution is -2.45. The molecule has 1 unspecified atom stereocenters. The van der Waals surface area contributed by atoms with Crippen molar-refractivity contribution in [3.8, 4) is 0 Å². The third-order valence-electron chi connectivity index (χ3n) is 3.33. The molecule has 17 heavy (non-hydrogen) atoms. The zero-order chi connectivity index (χ0) is 12.1. The van der Waals surface area contributed by atoms with Crippen LogP contribution in [0.15, 0.2) is 24.3 Å². The monoisotopic (exact) mass is 254 g/mol. The second-order valence-electron chi connectivity index (χ2n) is 4.56. The molecule has 94 valence electrons. The summed E-state index contributed by atoms with van der Waals surface area (Å²) in [4.78, 5) is 0. The maximum absolute atomic E-state index is 6.17. The predicted octanol–water partition coefficient (Wildman–Crippen LogP) is 2.65. The molecule has 0 amide bonds. The van der Waals surface area contributed by atoms with E-state index in [1.807, 2.05) is 24.3 Å². The van der Waals surface area contributed by atoms with Crippen LogP contribution in [0.3, 0.4) is 0 Å². The van der Waals surface area contributed by atoms with Crippen LogP contribution in [0.1, 0.15) is 19.3 Å². The van der Waals surface area contributed by atoms with Crippen molar-refractivity contribution in [1.29, 1.82) is 0 Å². The number of ether oxygens (including phenoxy) is 1. The molecule has 1 saturated heterocycles. The fraction of sp³-hybridized carbons (Fsp3) is 0.538. The van der Waals surface area contributed by atoms with Crippen LogP contribution in [0.5, 0.6) is 0 Å². The Balaban J connectivity index is 2.15. The topological polar surface area (TPSA) is 47.3 Å². The Morgan fingerprint density at radius 1 is 1.29 bits per heavy atom. The Labute approximate surface area is 107 Å². The standard InChI is InChI=1S/C13H19ClN2O/c14-11-4-1-2-5-12(11)16-13(10-15)6-3-8-17-9-7-13/h1-2,4-5,16H,3,6-10,15H2. The van der Waals surface area contributed by atoms with E-state index in [-0.39, 0.29) is 5.54 Å². The molecule has 3 N–H and O–H groups in total. The highest BCUT2D eigenvalue weighted by Gasteiger charge is 2.30. The maximum Gasteiger partial charge on any atom is 0.0637 e. The Kier molecular flexibility index (Phi) is 4.26. The largest absolute Gasteiger partial charge is 0.381 e. The van der Waals surface area contributed by atoms with E-state index in [2.05, 4.69) is 5.32 Å². The first-order valence-electron chi connectivity index (χ1n) is 6.06. The Hall–Kier alpha value is -0.770. The quantitative estimate of drug-likeness (QED) is 0.872. The molecular formula is C13H19ClN2O. The first-order valence-corrected chi connectivity index (χ1v) is 6.44. The number of anilines is 1. The highest BCUT2D eigenvalue weighted by Crippen LogP contribution is 2.29. The van der Waals surface area contributed by atoms with Gasteiger partial charge >= 0.3 is 0 Å². The minimum Gasteiger partial charge on any atom is -0.381 e. The number of nitrogens with one attached hydrogen (secondary N) is 1. The van der Waals surface area contributed by atoms with Crippen LogP contribution >= 0.6 is 11.6 Å². The van der Waals surface area contributed by atoms with Gasteiger partial charge in [0.15, 0.2) is 0 Å². The molecule has 1 aliphatic rings. The highest BCUT2D eigenvalue weighted by atomic mass is 35.5. The Bertz CT molecular complexity index is 362. The van der Waals surface area contributed by atoms with Gasteiger partial charge in [-0.3, -0.25) is 0 Å². The molecule has 1 atom stereocenters. The molecule has 3 nitrogen and oxygen atoms in total. The fourth-order valence-corrected chi connectivity index (χ4v) is 2.42. The van der Waals surface area contributed by atoms with Crippen molar-refractivity contribution in [2.75, 3.05) is 25.1 Å². The van der Waals surface area contributed by atoms with Gasteiger partial charge in [0, 0.05) is 19.8 Å². The molecule has 0 aliphatic carbocycles. The molecular weight excluding hydrogens is 236 g/mol. The summed E-state index contributed by atoms with van der Waals surface area (Å²) in [6.07, 6.45) is 2.98. The number of hydrogen-bond acceptors (Lipinski definition) is 3. The van der Waals surface area contributed by atoms with Crippen LogP contribution in [0.25, 0.3) is 0 Å². The first kappa shape index (κ1) is 12.7.